The summed E-state index contributed by atoms with van der Waals surface area (Å²) in [6, 6.07) is 61.5. The van der Waals surface area contributed by atoms with Crippen LogP contribution in [0.4, 0.5) is 26.3 Å². The normalized spacial score (nSPS) is 25.8. The summed E-state index contributed by atoms with van der Waals surface area (Å²) in [7, 11) is -2.79. The minimum absolute atomic E-state index is 0. The Labute approximate surface area is 751 Å². The van der Waals surface area contributed by atoms with E-state index in [1.165, 1.54) is 82.0 Å². The van der Waals surface area contributed by atoms with E-state index < -0.39 is 116 Å². The number of alkyl halides is 6. The molecular weight excluding hydrogens is 1650 g/mol. The third-order valence-electron chi connectivity index (χ3n) is 26.0. The van der Waals surface area contributed by atoms with Gasteiger partial charge in [-0.2, -0.15) is 26.3 Å². The average Bonchev–Trinajstić information content (AvgIpc) is 0.745. The molecule has 0 aliphatic heterocycles. The number of carboxylic acids is 2. The molecule has 6 aromatic rings. The Hall–Kier alpha value is -6.71. The number of carbonyl (C=O) groups is 6. The second-order valence-corrected chi connectivity index (χ2v) is 43.9. The number of carboxylic acid groups (broad SMARTS) is 2. The van der Waals surface area contributed by atoms with Crippen LogP contribution in [0.5, 0.6) is 0 Å². The van der Waals surface area contributed by atoms with E-state index in [1.54, 1.807) is 0 Å². The quantitative estimate of drug-likeness (QED) is 0.0116. The molecule has 12 aliphatic carbocycles. The predicted molar refractivity (Wildman–Crippen MR) is 450 cm³/mol. The fourth-order valence-electron chi connectivity index (χ4n) is 21.4. The van der Waals surface area contributed by atoms with Crippen LogP contribution in [-0.2, 0) is 94.9 Å². The number of halogens is 6. The largest absolute Gasteiger partial charge is 1.00 e. The number of hydrogen-bond acceptors (Lipinski definition) is 16. The Morgan fingerprint density at radius 2 is 0.545 bits per heavy atom. The molecule has 0 heterocycles. The minimum atomic E-state index is -4.41. The first-order valence-corrected chi connectivity index (χ1v) is 46.6. The maximum atomic E-state index is 14.3. The number of hydrogen-bond donors (Lipinski definition) is 0. The molecule has 0 N–H and O–H groups in total. The summed E-state index contributed by atoms with van der Waals surface area (Å²) in [6.07, 6.45) is 10.8. The molecule has 123 heavy (non-hydrogen) atoms. The second kappa shape index (κ2) is 41.2. The first-order chi connectivity index (χ1) is 57.1. The average molecular weight is 1780 g/mol. The van der Waals surface area contributed by atoms with Gasteiger partial charge < -0.3 is 43.3 Å². The summed E-state index contributed by atoms with van der Waals surface area (Å²) in [5, 5.41) is 21.5. The van der Waals surface area contributed by atoms with Gasteiger partial charge in [-0.05, 0) is 281 Å². The molecule has 12 aliphatic rings. The van der Waals surface area contributed by atoms with Crippen LogP contribution in [-0.4, -0.2) is 99.1 Å². The third kappa shape index (κ3) is 24.6. The van der Waals surface area contributed by atoms with Crippen LogP contribution in [0.2, 0.25) is 0 Å². The molecule has 3 unspecified atom stereocenters. The van der Waals surface area contributed by atoms with Gasteiger partial charge in [-0.1, -0.05) is 180 Å². The standard InChI is InChI=1S/2C22H23S.C18H26F2O4.2C17H24F2O4.CH4O4S.Na/c2*1-22(2,3)18-14-16-21(17-15-18)23(19-10-6-4-7-11-19)20-12-8-5-9-13-20;1-10(2)14(18(19,20)16(22)23-3)24-15(21)17-7-11-4-12(8-17)6-13(5-11)9-17;2*1-9(2)13(17(18,19)14(20)21)23-15(22)16-6-10-3-11(7-16)5-12(4-10)8-16;1-5-6(2,3)4;/h2*4-17H,1-3H3;10-14H,4-9H2,1-3H3;2*9-13H,3-8H2,1-2H3,(H,20,21);1H3,(H,2,3,4);/q2*+1;;;;;+1/p-3. The van der Waals surface area contributed by atoms with Crippen molar-refractivity contribution in [3.05, 3.63) is 181 Å². The molecule has 0 amide bonds. The van der Waals surface area contributed by atoms with Crippen molar-refractivity contribution in [2.45, 2.75) is 275 Å². The van der Waals surface area contributed by atoms with Crippen LogP contribution in [0.15, 0.2) is 199 Å². The van der Waals surface area contributed by atoms with Gasteiger partial charge in [0, 0.05) is 0 Å². The maximum Gasteiger partial charge on any atom is 1.00 e. The molecular formula is C97H121F6NaO16S3. The van der Waals surface area contributed by atoms with E-state index in [2.05, 4.69) is 220 Å². The Bertz CT molecular complexity index is 4210. The second-order valence-electron chi connectivity index (χ2n) is 38.7. The first kappa shape index (κ1) is 100. The smallest absolute Gasteiger partial charge is 0.726 e. The topological polar surface area (TPSA) is 252 Å². The molecule has 26 heteroatoms. The van der Waals surface area contributed by atoms with Crippen molar-refractivity contribution in [1.29, 1.82) is 0 Å². The van der Waals surface area contributed by atoms with Gasteiger partial charge in [0.1, 0.15) is 11.9 Å². The van der Waals surface area contributed by atoms with Gasteiger partial charge in [-0.25, -0.2) is 13.2 Å². The van der Waals surface area contributed by atoms with Crippen LogP contribution in [0.25, 0.3) is 0 Å². The molecule has 6 aromatic carbocycles. The van der Waals surface area contributed by atoms with Crippen LogP contribution in [0.1, 0.15) is 210 Å². The zero-order valence-corrected chi connectivity index (χ0v) is 78.0. The van der Waals surface area contributed by atoms with E-state index in [9.17, 15) is 78.3 Å². The van der Waals surface area contributed by atoms with Gasteiger partial charge in [0.05, 0.1) is 52.3 Å². The van der Waals surface area contributed by atoms with Gasteiger partial charge in [0.25, 0.3) is 0 Å². The number of benzene rings is 6. The summed E-state index contributed by atoms with van der Waals surface area (Å²) in [4.78, 5) is 79.4. The number of rotatable bonds is 22. The number of methoxy groups -OCH3 is 1. The molecule has 12 saturated carbocycles. The molecule has 12 bridgehead atoms. The number of ether oxygens (including phenoxy) is 4. The summed E-state index contributed by atoms with van der Waals surface area (Å²) in [6.45, 7) is 22.3. The fourth-order valence-corrected chi connectivity index (χ4v) is 25.6. The molecule has 18 rings (SSSR count). The number of esters is 4. The maximum absolute atomic E-state index is 14.3. The number of carbonyl (C=O) groups excluding carboxylic acids is 6. The molecule has 12 fully saturated rings. The summed E-state index contributed by atoms with van der Waals surface area (Å²) in [5.41, 5.74) is 1.17. The van der Waals surface area contributed by atoms with Crippen LogP contribution >= 0.6 is 0 Å². The summed E-state index contributed by atoms with van der Waals surface area (Å²) >= 11 is 0. The van der Waals surface area contributed by atoms with Crippen LogP contribution < -0.4 is 39.8 Å². The van der Waals surface area contributed by atoms with Crippen molar-refractivity contribution in [3.63, 3.8) is 0 Å². The van der Waals surface area contributed by atoms with Crippen molar-refractivity contribution in [1.82, 2.24) is 0 Å². The van der Waals surface area contributed by atoms with Gasteiger partial charge in [0.2, 0.25) is 10.4 Å². The Kier molecular flexibility index (Phi) is 33.5. The molecule has 0 saturated heterocycles. The van der Waals surface area contributed by atoms with Crippen molar-refractivity contribution in [2.24, 2.45) is 87.3 Å². The Morgan fingerprint density at radius 3 is 0.707 bits per heavy atom. The monoisotopic (exact) mass is 1770 g/mol. The first-order valence-electron chi connectivity index (χ1n) is 42.8. The van der Waals surface area contributed by atoms with Crippen LogP contribution in [0, 0.1) is 87.3 Å². The molecule has 3 atom stereocenters. The predicted octanol–water partition coefficient (Wildman–Crippen LogP) is 16.1. The van der Waals surface area contributed by atoms with Gasteiger partial charge in [0.15, 0.2) is 47.7 Å². The van der Waals surface area contributed by atoms with E-state index in [-0.39, 0.29) is 62.2 Å². The molecule has 16 nitrogen and oxygen atoms in total. The van der Waals surface area contributed by atoms with E-state index in [1.807, 2.05) is 0 Å². The van der Waals surface area contributed by atoms with Crippen molar-refractivity contribution in [2.75, 3.05) is 14.2 Å². The van der Waals surface area contributed by atoms with Crippen LogP contribution in [0.3, 0.4) is 0 Å². The molecule has 0 radical (unpaired) electrons. The van der Waals surface area contributed by atoms with E-state index in [4.69, 9.17) is 14.2 Å². The third-order valence-corrected chi connectivity index (χ3v) is 30.9. The number of aliphatic carboxylic acids is 2. The van der Waals surface area contributed by atoms with E-state index in [0.717, 1.165) is 91.3 Å². The van der Waals surface area contributed by atoms with Gasteiger partial charge in [-0.15, -0.1) is 0 Å². The zero-order valence-electron chi connectivity index (χ0n) is 73.6. The molecule has 0 aromatic heterocycles. The SMILES string of the molecule is CC(C)(C)c1ccc([S+](c2ccccc2)c2ccccc2)cc1.CC(C)(C)c1ccc([S+](c2ccccc2)c2ccccc2)cc1.CC(C)C(OC(=O)C12CC3CC(CC(C3)C1)C2)C(F)(F)C(=O)[O-].CC(C)C(OC(=O)C12CC3CC(CC(C3)C1)C2)C(F)(F)C(=O)[O-].COC(=O)C(F)(F)C(OC(=O)C12CC3CC(CC(C3)C1)C2)C(C)C.COS(=O)(=O)[O-].[Na+]. The van der Waals surface area contributed by atoms with Gasteiger partial charge >= 0.3 is 71.2 Å². The summed E-state index contributed by atoms with van der Waals surface area (Å²) < 4.78 is 135. The van der Waals surface area contributed by atoms with Crippen molar-refractivity contribution in [3.8, 4) is 0 Å². The van der Waals surface area contributed by atoms with Crippen molar-refractivity contribution < 1.29 is 131 Å². The molecule has 0 spiro atoms. The fraction of sp³-hybridized carbons (Fsp3) is 0.567. The van der Waals surface area contributed by atoms with Gasteiger partial charge in [-0.3, -0.25) is 18.6 Å². The Morgan fingerprint density at radius 1 is 0.358 bits per heavy atom. The van der Waals surface area contributed by atoms with Crippen molar-refractivity contribution >= 4 is 68.0 Å². The minimum Gasteiger partial charge on any atom is -0.726 e. The van der Waals surface area contributed by atoms with E-state index in [0.29, 0.717) is 91.8 Å². The zero-order chi connectivity index (χ0) is 89.5. The summed E-state index contributed by atoms with van der Waals surface area (Å²) in [5.74, 6) is -18.5. The Balaban J connectivity index is 0.000000171. The molecule has 666 valence electrons. The van der Waals surface area contributed by atoms with E-state index >= 15 is 0 Å².